The van der Waals surface area contributed by atoms with E-state index < -0.39 is 0 Å². The molecule has 8 heteroatoms. The van der Waals surface area contributed by atoms with E-state index in [0.29, 0.717) is 12.5 Å². The van der Waals surface area contributed by atoms with Crippen molar-refractivity contribution < 1.29 is 9.26 Å². The van der Waals surface area contributed by atoms with Crippen molar-refractivity contribution in [2.45, 2.75) is 45.2 Å². The molecule has 1 saturated heterocycles. The van der Waals surface area contributed by atoms with Crippen LogP contribution in [0.1, 0.15) is 55.7 Å². The molecular formula is C23H36IN5O2. The summed E-state index contributed by atoms with van der Waals surface area (Å²) in [6, 6.07) is 12.9. The van der Waals surface area contributed by atoms with Gasteiger partial charge in [0.1, 0.15) is 0 Å². The molecule has 1 atom stereocenters. The highest BCUT2D eigenvalue weighted by atomic mass is 127. The van der Waals surface area contributed by atoms with Crippen molar-refractivity contribution in [3.05, 3.63) is 53.4 Å². The molecular weight excluding hydrogens is 505 g/mol. The Hall–Kier alpha value is -1.65. The quantitative estimate of drug-likeness (QED) is 0.285. The Balaban J connectivity index is 0.00000341. The largest absolute Gasteiger partial charge is 0.379 e. The summed E-state index contributed by atoms with van der Waals surface area (Å²) in [7, 11) is 1.79. The van der Waals surface area contributed by atoms with Gasteiger partial charge in [0.05, 0.1) is 31.5 Å². The van der Waals surface area contributed by atoms with Gasteiger partial charge in [-0.1, -0.05) is 49.3 Å². The van der Waals surface area contributed by atoms with Crippen LogP contribution in [-0.4, -0.2) is 55.9 Å². The fraction of sp³-hybridized carbons (Fsp3) is 0.565. The molecule has 0 bridgehead atoms. The lowest BCUT2D eigenvalue weighted by atomic mass is 9.99. The summed E-state index contributed by atoms with van der Waals surface area (Å²) in [5, 5.41) is 11.1. The number of rotatable bonds is 9. The molecule has 31 heavy (non-hydrogen) atoms. The smallest absolute Gasteiger partial charge is 0.191 e. The Morgan fingerprint density at radius 3 is 2.48 bits per heavy atom. The summed E-state index contributed by atoms with van der Waals surface area (Å²) in [6.07, 6.45) is 2.14. The van der Waals surface area contributed by atoms with Gasteiger partial charge in [0, 0.05) is 38.7 Å². The number of aromatic nitrogens is 1. The fourth-order valence-corrected chi connectivity index (χ4v) is 3.92. The van der Waals surface area contributed by atoms with Crippen LogP contribution in [0, 0.1) is 0 Å². The predicted octanol–water partition coefficient (Wildman–Crippen LogP) is 3.93. The molecule has 0 radical (unpaired) electrons. The highest BCUT2D eigenvalue weighted by Gasteiger charge is 2.22. The van der Waals surface area contributed by atoms with Gasteiger partial charge in [-0.15, -0.1) is 24.0 Å². The maximum Gasteiger partial charge on any atom is 0.191 e. The molecule has 0 amide bonds. The van der Waals surface area contributed by atoms with Crippen LogP contribution in [0.4, 0.5) is 0 Å². The maximum absolute atomic E-state index is 5.54. The third kappa shape index (κ3) is 7.47. The maximum atomic E-state index is 5.54. The molecule has 0 saturated carbocycles. The summed E-state index contributed by atoms with van der Waals surface area (Å²) in [5.41, 5.74) is 2.34. The third-order valence-electron chi connectivity index (χ3n) is 5.77. The van der Waals surface area contributed by atoms with E-state index in [1.54, 1.807) is 7.05 Å². The van der Waals surface area contributed by atoms with Crippen molar-refractivity contribution in [1.29, 1.82) is 0 Å². The Bertz CT molecular complexity index is 773. The van der Waals surface area contributed by atoms with Gasteiger partial charge in [0.25, 0.3) is 0 Å². The van der Waals surface area contributed by atoms with Crippen LogP contribution in [0.2, 0.25) is 0 Å². The number of hydrogen-bond donors (Lipinski definition) is 2. The van der Waals surface area contributed by atoms with Crippen LogP contribution in [0.3, 0.4) is 0 Å². The molecule has 0 aliphatic carbocycles. The average molecular weight is 541 g/mol. The van der Waals surface area contributed by atoms with E-state index >= 15 is 0 Å². The molecule has 2 heterocycles. The Morgan fingerprint density at radius 2 is 1.84 bits per heavy atom. The molecule has 0 spiro atoms. The van der Waals surface area contributed by atoms with Crippen molar-refractivity contribution in [2.24, 2.45) is 4.99 Å². The fourth-order valence-electron chi connectivity index (χ4n) is 3.92. The predicted molar refractivity (Wildman–Crippen MR) is 135 cm³/mol. The van der Waals surface area contributed by atoms with Crippen LogP contribution in [0.25, 0.3) is 0 Å². The minimum atomic E-state index is 0. The first-order valence-corrected chi connectivity index (χ1v) is 11.0. The molecule has 2 N–H and O–H groups in total. The number of nitrogens with zero attached hydrogens (tertiary/aromatic N) is 3. The van der Waals surface area contributed by atoms with Gasteiger partial charge in [-0.3, -0.25) is 9.89 Å². The lowest BCUT2D eigenvalue weighted by Gasteiger charge is -2.35. The summed E-state index contributed by atoms with van der Waals surface area (Å²) in [4.78, 5) is 6.85. The number of halogens is 1. The molecule has 1 aromatic carbocycles. The van der Waals surface area contributed by atoms with Crippen LogP contribution >= 0.6 is 24.0 Å². The third-order valence-corrected chi connectivity index (χ3v) is 5.77. The molecule has 2 aromatic rings. The van der Waals surface area contributed by atoms with Crippen molar-refractivity contribution >= 4 is 29.9 Å². The van der Waals surface area contributed by atoms with Gasteiger partial charge in [-0.25, -0.2) is 0 Å². The summed E-state index contributed by atoms with van der Waals surface area (Å²) < 4.78 is 11.1. The number of nitrogens with one attached hydrogen (secondary N) is 2. The second-order valence-corrected chi connectivity index (χ2v) is 7.61. The zero-order chi connectivity index (χ0) is 21.2. The molecule has 3 rings (SSSR count). The van der Waals surface area contributed by atoms with E-state index in [4.69, 9.17) is 9.26 Å². The second-order valence-electron chi connectivity index (χ2n) is 7.61. The average Bonchev–Trinajstić information content (AvgIpc) is 3.27. The number of aliphatic imine (C=N–C) groups is 1. The van der Waals surface area contributed by atoms with Crippen molar-refractivity contribution in [3.63, 3.8) is 0 Å². The normalized spacial score (nSPS) is 16.1. The van der Waals surface area contributed by atoms with E-state index in [-0.39, 0.29) is 30.0 Å². The molecule has 1 aliphatic heterocycles. The van der Waals surface area contributed by atoms with Crippen LogP contribution in [0.5, 0.6) is 0 Å². The van der Waals surface area contributed by atoms with Gasteiger partial charge >= 0.3 is 0 Å². The first-order chi connectivity index (χ1) is 14.7. The van der Waals surface area contributed by atoms with Crippen LogP contribution in [-0.2, 0) is 11.3 Å². The Morgan fingerprint density at radius 1 is 1.13 bits per heavy atom. The van der Waals surface area contributed by atoms with E-state index in [0.717, 1.165) is 63.1 Å². The first kappa shape index (κ1) is 25.6. The highest BCUT2D eigenvalue weighted by Crippen LogP contribution is 2.23. The van der Waals surface area contributed by atoms with E-state index in [1.807, 2.05) is 0 Å². The minimum absolute atomic E-state index is 0. The lowest BCUT2D eigenvalue weighted by molar-refractivity contribution is 0.0170. The van der Waals surface area contributed by atoms with E-state index in [2.05, 4.69) is 75.9 Å². The topological polar surface area (TPSA) is 74.9 Å². The summed E-state index contributed by atoms with van der Waals surface area (Å²) in [5.74, 6) is 2.04. The number of benzene rings is 1. The molecule has 1 unspecified atom stereocenters. The Kier molecular flexibility index (Phi) is 11.3. The van der Waals surface area contributed by atoms with Gasteiger partial charge < -0.3 is 19.9 Å². The zero-order valence-electron chi connectivity index (χ0n) is 18.8. The van der Waals surface area contributed by atoms with Gasteiger partial charge in [-0.05, 0) is 18.4 Å². The van der Waals surface area contributed by atoms with Crippen molar-refractivity contribution in [1.82, 2.24) is 20.7 Å². The standard InChI is InChI=1S/C23H35N5O2.HI/c1-4-18(5-2)21-15-20(30-27-21)16-25-23(24-3)26-17-22(19-9-7-6-8-10-19)28-11-13-29-14-12-28;/h6-10,15,18,22H,4-5,11-14,16-17H2,1-3H3,(H2,24,25,26);1H. The van der Waals surface area contributed by atoms with Gasteiger partial charge in [-0.2, -0.15) is 0 Å². The monoisotopic (exact) mass is 541 g/mol. The summed E-state index contributed by atoms with van der Waals surface area (Å²) >= 11 is 0. The lowest BCUT2D eigenvalue weighted by Crippen LogP contribution is -2.46. The molecule has 7 nitrogen and oxygen atoms in total. The van der Waals surface area contributed by atoms with Crippen molar-refractivity contribution in [3.8, 4) is 0 Å². The first-order valence-electron chi connectivity index (χ1n) is 11.0. The highest BCUT2D eigenvalue weighted by molar-refractivity contribution is 14.0. The minimum Gasteiger partial charge on any atom is -0.379 e. The number of guanidine groups is 1. The molecule has 1 fully saturated rings. The van der Waals surface area contributed by atoms with Crippen LogP contribution in [0.15, 0.2) is 45.9 Å². The van der Waals surface area contributed by atoms with E-state index in [9.17, 15) is 0 Å². The van der Waals surface area contributed by atoms with Gasteiger partial charge in [0.2, 0.25) is 0 Å². The summed E-state index contributed by atoms with van der Waals surface area (Å²) in [6.45, 7) is 9.11. The van der Waals surface area contributed by atoms with Crippen LogP contribution < -0.4 is 10.6 Å². The molecule has 172 valence electrons. The number of morpholine rings is 1. The van der Waals surface area contributed by atoms with Crippen molar-refractivity contribution in [2.75, 3.05) is 39.9 Å². The zero-order valence-corrected chi connectivity index (χ0v) is 21.2. The second kappa shape index (κ2) is 13.7. The van der Waals surface area contributed by atoms with Gasteiger partial charge in [0.15, 0.2) is 11.7 Å². The van der Waals surface area contributed by atoms with E-state index in [1.165, 1.54) is 5.56 Å². The number of hydrogen-bond acceptors (Lipinski definition) is 5. The molecule has 1 aromatic heterocycles. The Labute approximate surface area is 203 Å². The number of ether oxygens (including phenoxy) is 1. The SMILES string of the molecule is CCC(CC)c1cc(CNC(=NC)NCC(c2ccccc2)N2CCOCC2)on1.I. The molecule has 1 aliphatic rings.